The monoisotopic (exact) mass is 661 g/mol. The molecule has 1 heterocycles. The molecule has 3 nitrogen and oxygen atoms in total. The SMILES string of the molecule is CCCCCC/C=C\CCSSCCCCC1(CCCCSSCC/C=C\CCCCCC)OCC(CCN(C)C)O1. The maximum atomic E-state index is 6.64. The summed E-state index contributed by atoms with van der Waals surface area (Å²) in [6.07, 6.45) is 33.7. The van der Waals surface area contributed by atoms with Gasteiger partial charge in [-0.3, -0.25) is 0 Å². The van der Waals surface area contributed by atoms with Gasteiger partial charge in [-0.25, -0.2) is 0 Å². The first-order chi connectivity index (χ1) is 20.6. The summed E-state index contributed by atoms with van der Waals surface area (Å²) in [5.74, 6) is 4.58. The molecule has 1 saturated heterocycles. The second-order valence-electron chi connectivity index (χ2n) is 12.0. The van der Waals surface area contributed by atoms with Gasteiger partial charge in [0.2, 0.25) is 0 Å². The minimum atomic E-state index is -0.337. The molecular formula is C35H67NO2S4. The van der Waals surface area contributed by atoms with Crippen LogP contribution in [0.1, 0.15) is 136 Å². The van der Waals surface area contributed by atoms with Crippen molar-refractivity contribution in [3.05, 3.63) is 24.3 Å². The molecule has 0 saturated carbocycles. The Morgan fingerprint density at radius 1 is 0.619 bits per heavy atom. The number of allylic oxidation sites excluding steroid dienone is 4. The Morgan fingerprint density at radius 3 is 1.62 bits per heavy atom. The summed E-state index contributed by atoms with van der Waals surface area (Å²) in [5.41, 5.74) is 0. The second-order valence-corrected chi connectivity index (χ2v) is 17.4. The fraction of sp³-hybridized carbons (Fsp3) is 0.886. The fourth-order valence-electron chi connectivity index (χ4n) is 4.98. The van der Waals surface area contributed by atoms with Crippen LogP contribution >= 0.6 is 43.2 Å². The lowest BCUT2D eigenvalue weighted by Gasteiger charge is -2.28. The molecule has 0 N–H and O–H groups in total. The quantitative estimate of drug-likeness (QED) is 0.0413. The molecule has 1 aliphatic rings. The first-order valence-electron chi connectivity index (χ1n) is 17.4. The van der Waals surface area contributed by atoms with Crippen LogP contribution in [0.15, 0.2) is 24.3 Å². The van der Waals surface area contributed by atoms with E-state index in [4.69, 9.17) is 9.47 Å². The maximum absolute atomic E-state index is 6.64. The van der Waals surface area contributed by atoms with E-state index < -0.39 is 0 Å². The average molecular weight is 662 g/mol. The summed E-state index contributed by atoms with van der Waals surface area (Å²) < 4.78 is 13.1. The minimum Gasteiger partial charge on any atom is -0.347 e. The Morgan fingerprint density at radius 2 is 1.12 bits per heavy atom. The first-order valence-corrected chi connectivity index (χ1v) is 22.3. The van der Waals surface area contributed by atoms with Gasteiger partial charge in [0.05, 0.1) is 12.7 Å². The second kappa shape index (κ2) is 30.4. The van der Waals surface area contributed by atoms with Crippen LogP contribution in [-0.4, -0.2) is 67.0 Å². The van der Waals surface area contributed by atoms with Crippen LogP contribution in [-0.2, 0) is 9.47 Å². The third kappa shape index (κ3) is 25.0. The van der Waals surface area contributed by atoms with Gasteiger partial charge in [0.15, 0.2) is 5.79 Å². The summed E-state index contributed by atoms with van der Waals surface area (Å²) in [7, 11) is 12.5. The minimum absolute atomic E-state index is 0.252. The van der Waals surface area contributed by atoms with Gasteiger partial charge in [0.25, 0.3) is 0 Å². The molecule has 1 rings (SSSR count). The van der Waals surface area contributed by atoms with Crippen LogP contribution in [0.5, 0.6) is 0 Å². The number of ether oxygens (including phenoxy) is 2. The molecule has 0 amide bonds. The molecule has 0 aromatic carbocycles. The van der Waals surface area contributed by atoms with Gasteiger partial charge in [-0.15, -0.1) is 0 Å². The topological polar surface area (TPSA) is 21.7 Å². The van der Waals surface area contributed by atoms with Gasteiger partial charge in [0, 0.05) is 42.4 Å². The molecule has 248 valence electrons. The van der Waals surface area contributed by atoms with Gasteiger partial charge >= 0.3 is 0 Å². The number of hydrogen-bond donors (Lipinski definition) is 0. The smallest absolute Gasteiger partial charge is 0.168 e. The van der Waals surface area contributed by atoms with Crippen LogP contribution in [0, 0.1) is 0 Å². The highest BCUT2D eigenvalue weighted by molar-refractivity contribution is 8.77. The van der Waals surface area contributed by atoms with Gasteiger partial charge in [-0.2, -0.15) is 0 Å². The van der Waals surface area contributed by atoms with E-state index in [2.05, 4.69) is 57.1 Å². The average Bonchev–Trinajstić information content (AvgIpc) is 3.39. The van der Waals surface area contributed by atoms with E-state index in [9.17, 15) is 0 Å². The summed E-state index contributed by atoms with van der Waals surface area (Å²) in [6, 6.07) is 0. The Labute approximate surface area is 278 Å². The Balaban J connectivity index is 2.17. The summed E-state index contributed by atoms with van der Waals surface area (Å²) in [6.45, 7) is 6.39. The van der Waals surface area contributed by atoms with E-state index in [1.54, 1.807) is 0 Å². The highest BCUT2D eigenvalue weighted by Gasteiger charge is 2.40. The molecule has 1 unspecified atom stereocenters. The molecule has 0 spiro atoms. The molecule has 0 radical (unpaired) electrons. The molecule has 42 heavy (non-hydrogen) atoms. The summed E-state index contributed by atoms with van der Waals surface area (Å²) in [5, 5.41) is 0. The van der Waals surface area contributed by atoms with Crippen molar-refractivity contribution in [2.45, 2.75) is 148 Å². The molecule has 0 aromatic heterocycles. The van der Waals surface area contributed by atoms with Crippen LogP contribution in [0.4, 0.5) is 0 Å². The highest BCUT2D eigenvalue weighted by atomic mass is 33.1. The van der Waals surface area contributed by atoms with Crippen LogP contribution in [0.25, 0.3) is 0 Å². The largest absolute Gasteiger partial charge is 0.347 e. The van der Waals surface area contributed by atoms with Gasteiger partial charge < -0.3 is 14.4 Å². The van der Waals surface area contributed by atoms with Crippen molar-refractivity contribution in [3.8, 4) is 0 Å². The molecule has 7 heteroatoms. The Bertz CT molecular complexity index is 594. The van der Waals surface area contributed by atoms with E-state index in [1.807, 2.05) is 43.2 Å². The predicted molar refractivity (Wildman–Crippen MR) is 199 cm³/mol. The molecular weight excluding hydrogens is 595 g/mol. The van der Waals surface area contributed by atoms with Crippen molar-refractivity contribution < 1.29 is 9.47 Å². The lowest BCUT2D eigenvalue weighted by molar-refractivity contribution is -0.179. The van der Waals surface area contributed by atoms with Crippen molar-refractivity contribution in [1.82, 2.24) is 4.90 Å². The van der Waals surface area contributed by atoms with Crippen molar-refractivity contribution in [3.63, 3.8) is 0 Å². The van der Waals surface area contributed by atoms with E-state index in [-0.39, 0.29) is 11.9 Å². The highest BCUT2D eigenvalue weighted by Crippen LogP contribution is 2.36. The van der Waals surface area contributed by atoms with Gasteiger partial charge in [-0.1, -0.05) is 120 Å². The lowest BCUT2D eigenvalue weighted by atomic mass is 10.0. The number of hydrogen-bond acceptors (Lipinski definition) is 7. The molecule has 0 aliphatic carbocycles. The fourth-order valence-corrected chi connectivity index (χ4v) is 9.25. The Hall–Kier alpha value is 0.760. The van der Waals surface area contributed by atoms with Crippen LogP contribution < -0.4 is 0 Å². The molecule has 0 aromatic rings. The van der Waals surface area contributed by atoms with Crippen molar-refractivity contribution in [2.24, 2.45) is 0 Å². The van der Waals surface area contributed by atoms with E-state index in [1.165, 1.54) is 126 Å². The van der Waals surface area contributed by atoms with Crippen molar-refractivity contribution in [2.75, 3.05) is 50.3 Å². The van der Waals surface area contributed by atoms with E-state index >= 15 is 0 Å². The number of unbranched alkanes of at least 4 members (excludes halogenated alkanes) is 10. The zero-order chi connectivity index (χ0) is 30.4. The predicted octanol–water partition coefficient (Wildman–Crippen LogP) is 12.0. The summed E-state index contributed by atoms with van der Waals surface area (Å²) >= 11 is 0. The number of nitrogens with zero attached hydrogens (tertiary/aromatic N) is 1. The molecule has 1 atom stereocenters. The molecule has 1 aliphatic heterocycles. The Kier molecular flexibility index (Phi) is 29.5. The van der Waals surface area contributed by atoms with Crippen LogP contribution in [0.2, 0.25) is 0 Å². The number of rotatable bonds is 31. The van der Waals surface area contributed by atoms with Crippen molar-refractivity contribution >= 4 is 43.2 Å². The van der Waals surface area contributed by atoms with Gasteiger partial charge in [0.1, 0.15) is 0 Å². The molecule has 1 fully saturated rings. The lowest BCUT2D eigenvalue weighted by Crippen LogP contribution is -2.31. The first kappa shape index (κ1) is 40.8. The third-order valence-corrected chi connectivity index (χ3v) is 12.6. The standard InChI is InChI=1S/C35H67NO2S4/c1-5-7-9-11-13-15-17-21-29-39-41-31-23-19-26-35(37-33-34(38-35)25-28-36(3)4)27-20-24-32-42-40-30-22-18-16-14-12-10-8-6-2/h15-18,34H,5-14,19-33H2,1-4H3/b17-15-,18-16-. The maximum Gasteiger partial charge on any atom is 0.168 e. The zero-order valence-electron chi connectivity index (χ0n) is 28.0. The van der Waals surface area contributed by atoms with Crippen molar-refractivity contribution in [1.29, 1.82) is 0 Å². The van der Waals surface area contributed by atoms with Crippen LogP contribution in [0.3, 0.4) is 0 Å². The normalized spacial score (nSPS) is 17.0. The van der Waals surface area contributed by atoms with E-state index in [0.29, 0.717) is 0 Å². The third-order valence-electron chi connectivity index (χ3n) is 7.57. The van der Waals surface area contributed by atoms with Gasteiger partial charge in [-0.05, 0) is 84.7 Å². The summed E-state index contributed by atoms with van der Waals surface area (Å²) in [4.78, 5) is 2.25. The zero-order valence-corrected chi connectivity index (χ0v) is 31.2. The molecule has 0 bridgehead atoms. The van der Waals surface area contributed by atoms with E-state index in [0.717, 1.165) is 32.4 Å².